The number of sulfone groups is 1. The Bertz CT molecular complexity index is 674. The Labute approximate surface area is 92.6 Å². The number of aryl methyl sites for hydroxylation is 2. The molecule has 1 aromatic carbocycles. The summed E-state index contributed by atoms with van der Waals surface area (Å²) in [5.74, 6) is -0.0296. The molecule has 2 aromatic rings. The van der Waals surface area contributed by atoms with E-state index in [0.29, 0.717) is 16.9 Å². The molecule has 1 aromatic heterocycles. The van der Waals surface area contributed by atoms with Crippen molar-refractivity contribution in [2.45, 2.75) is 11.8 Å². The van der Waals surface area contributed by atoms with Gasteiger partial charge < -0.3 is 4.57 Å². The monoisotopic (exact) mass is 242 g/mol. The molecule has 4 nitrogen and oxygen atoms in total. The van der Waals surface area contributed by atoms with Gasteiger partial charge in [-0.25, -0.2) is 17.8 Å². The van der Waals surface area contributed by atoms with Crippen LogP contribution in [0.2, 0.25) is 0 Å². The number of halogens is 1. The average molecular weight is 242 g/mol. The topological polar surface area (TPSA) is 52.0 Å². The predicted molar refractivity (Wildman–Crippen MR) is 58.5 cm³/mol. The Hall–Kier alpha value is -1.43. The largest absolute Gasteiger partial charge is 0.331 e. The molecule has 16 heavy (non-hydrogen) atoms. The third-order valence-corrected chi connectivity index (χ3v) is 3.67. The minimum Gasteiger partial charge on any atom is -0.331 e. The van der Waals surface area contributed by atoms with Crippen LogP contribution in [0.5, 0.6) is 0 Å². The normalized spacial score (nSPS) is 12.2. The Kier molecular flexibility index (Phi) is 2.27. The number of benzene rings is 1. The number of fused-ring (bicyclic) bond motifs is 1. The highest BCUT2D eigenvalue weighted by Gasteiger charge is 2.17. The molecule has 0 fully saturated rings. The fourth-order valence-electron chi connectivity index (χ4n) is 1.60. The van der Waals surface area contributed by atoms with Gasteiger partial charge in [0.05, 0.1) is 11.0 Å². The molecule has 86 valence electrons. The van der Waals surface area contributed by atoms with Gasteiger partial charge in [-0.05, 0) is 13.0 Å². The number of hydrogen-bond acceptors (Lipinski definition) is 3. The van der Waals surface area contributed by atoms with Gasteiger partial charge in [0.25, 0.3) is 0 Å². The third-order valence-electron chi connectivity index (χ3n) is 2.56. The van der Waals surface area contributed by atoms with E-state index in [0.717, 1.165) is 6.26 Å². The van der Waals surface area contributed by atoms with E-state index >= 15 is 0 Å². The Morgan fingerprint density at radius 1 is 1.38 bits per heavy atom. The molecular formula is C10H11FN2O2S. The molecule has 0 N–H and O–H groups in total. The number of imidazole rings is 1. The predicted octanol–water partition coefficient (Wildman–Crippen LogP) is 1.42. The van der Waals surface area contributed by atoms with Gasteiger partial charge in [-0.2, -0.15) is 0 Å². The Morgan fingerprint density at radius 2 is 2.00 bits per heavy atom. The number of aromatic nitrogens is 2. The summed E-state index contributed by atoms with van der Waals surface area (Å²) in [6, 6.07) is 2.47. The van der Waals surface area contributed by atoms with E-state index in [2.05, 4.69) is 4.98 Å². The second kappa shape index (κ2) is 3.28. The molecule has 0 aliphatic carbocycles. The lowest BCUT2D eigenvalue weighted by molar-refractivity contribution is 0.571. The molecule has 0 radical (unpaired) electrons. The zero-order valence-corrected chi connectivity index (χ0v) is 9.97. The van der Waals surface area contributed by atoms with Gasteiger partial charge in [-0.15, -0.1) is 0 Å². The minimum absolute atomic E-state index is 0.307. The van der Waals surface area contributed by atoms with Gasteiger partial charge in [0.2, 0.25) is 0 Å². The zero-order valence-electron chi connectivity index (χ0n) is 9.15. The molecule has 0 unspecified atom stereocenters. The van der Waals surface area contributed by atoms with Crippen LogP contribution in [-0.4, -0.2) is 24.2 Å². The van der Waals surface area contributed by atoms with E-state index in [1.807, 2.05) is 0 Å². The summed E-state index contributed by atoms with van der Waals surface area (Å²) in [4.78, 5) is 3.85. The molecule has 0 spiro atoms. The maximum atomic E-state index is 13.6. The SMILES string of the molecule is Cc1nc2cc(S(C)(=O)=O)c(F)cc2n1C. The van der Waals surface area contributed by atoms with Crippen molar-refractivity contribution >= 4 is 20.9 Å². The summed E-state index contributed by atoms with van der Waals surface area (Å²) < 4.78 is 37.9. The van der Waals surface area contributed by atoms with Crippen molar-refractivity contribution in [2.24, 2.45) is 7.05 Å². The first kappa shape index (κ1) is 11.1. The summed E-state index contributed by atoms with van der Waals surface area (Å²) in [5, 5.41) is 0. The average Bonchev–Trinajstić information content (AvgIpc) is 2.41. The first-order valence-corrected chi connectivity index (χ1v) is 6.52. The molecule has 2 rings (SSSR count). The van der Waals surface area contributed by atoms with E-state index in [4.69, 9.17) is 0 Å². The van der Waals surface area contributed by atoms with Crippen molar-refractivity contribution < 1.29 is 12.8 Å². The van der Waals surface area contributed by atoms with Crippen molar-refractivity contribution in [1.82, 2.24) is 9.55 Å². The van der Waals surface area contributed by atoms with Crippen LogP contribution in [0, 0.1) is 12.7 Å². The van der Waals surface area contributed by atoms with Crippen molar-refractivity contribution in [3.05, 3.63) is 23.8 Å². The van der Waals surface area contributed by atoms with Crippen LogP contribution in [-0.2, 0) is 16.9 Å². The molecule has 0 amide bonds. The number of rotatable bonds is 1. The molecule has 0 bridgehead atoms. The first-order valence-electron chi connectivity index (χ1n) is 4.63. The van der Waals surface area contributed by atoms with Crippen LogP contribution < -0.4 is 0 Å². The molecule has 0 aliphatic rings. The summed E-state index contributed by atoms with van der Waals surface area (Å²) in [6.45, 7) is 1.78. The van der Waals surface area contributed by atoms with Crippen LogP contribution in [0.15, 0.2) is 17.0 Å². The fourth-order valence-corrected chi connectivity index (χ4v) is 2.34. The lowest BCUT2D eigenvalue weighted by Crippen LogP contribution is -2.01. The van der Waals surface area contributed by atoms with Crippen LogP contribution in [0.3, 0.4) is 0 Å². The lowest BCUT2D eigenvalue weighted by atomic mass is 10.3. The molecule has 1 heterocycles. The number of hydrogen-bond donors (Lipinski definition) is 0. The van der Waals surface area contributed by atoms with Gasteiger partial charge in [0.15, 0.2) is 9.84 Å². The fraction of sp³-hybridized carbons (Fsp3) is 0.300. The molecule has 0 aliphatic heterocycles. The van der Waals surface area contributed by atoms with E-state index in [1.54, 1.807) is 18.5 Å². The Morgan fingerprint density at radius 3 is 2.56 bits per heavy atom. The summed E-state index contributed by atoms with van der Waals surface area (Å²) >= 11 is 0. The third kappa shape index (κ3) is 1.59. The molecular weight excluding hydrogens is 231 g/mol. The van der Waals surface area contributed by atoms with Crippen LogP contribution in [0.4, 0.5) is 4.39 Å². The highest BCUT2D eigenvalue weighted by molar-refractivity contribution is 7.90. The molecule has 0 atom stereocenters. The minimum atomic E-state index is -3.55. The first-order chi connectivity index (χ1) is 7.30. The van der Waals surface area contributed by atoms with Gasteiger partial charge in [0.1, 0.15) is 16.5 Å². The van der Waals surface area contributed by atoms with Crippen molar-refractivity contribution in [2.75, 3.05) is 6.26 Å². The van der Waals surface area contributed by atoms with Gasteiger partial charge in [-0.1, -0.05) is 0 Å². The molecule has 0 saturated carbocycles. The smallest absolute Gasteiger partial charge is 0.178 e. The second-order valence-corrected chi connectivity index (χ2v) is 5.75. The molecule has 6 heteroatoms. The molecule has 0 saturated heterocycles. The van der Waals surface area contributed by atoms with Gasteiger partial charge >= 0.3 is 0 Å². The summed E-state index contributed by atoms with van der Waals surface area (Å²) in [5.41, 5.74) is 1.07. The summed E-state index contributed by atoms with van der Waals surface area (Å²) in [6.07, 6.45) is 0.979. The van der Waals surface area contributed by atoms with Crippen molar-refractivity contribution in [3.63, 3.8) is 0 Å². The standard InChI is InChI=1S/C10H11FN2O2S/c1-6-12-8-5-10(16(3,14)15)7(11)4-9(8)13(6)2/h4-5H,1-3H3. The summed E-state index contributed by atoms with van der Waals surface area (Å²) in [7, 11) is -1.80. The highest BCUT2D eigenvalue weighted by Crippen LogP contribution is 2.22. The van der Waals surface area contributed by atoms with Crippen molar-refractivity contribution in [3.8, 4) is 0 Å². The maximum Gasteiger partial charge on any atom is 0.178 e. The van der Waals surface area contributed by atoms with E-state index < -0.39 is 15.7 Å². The zero-order chi connectivity index (χ0) is 12.1. The van der Waals surface area contributed by atoms with Crippen LogP contribution >= 0.6 is 0 Å². The van der Waals surface area contributed by atoms with Crippen LogP contribution in [0.1, 0.15) is 5.82 Å². The quantitative estimate of drug-likeness (QED) is 0.760. The second-order valence-electron chi connectivity index (χ2n) is 3.76. The Balaban J connectivity index is 2.88. The van der Waals surface area contributed by atoms with E-state index in [1.165, 1.54) is 12.1 Å². The van der Waals surface area contributed by atoms with E-state index in [-0.39, 0.29) is 4.90 Å². The van der Waals surface area contributed by atoms with Gasteiger partial charge in [-0.3, -0.25) is 0 Å². The lowest BCUT2D eigenvalue weighted by Gasteiger charge is -2.01. The van der Waals surface area contributed by atoms with Gasteiger partial charge in [0, 0.05) is 19.4 Å². The van der Waals surface area contributed by atoms with E-state index in [9.17, 15) is 12.8 Å². The van der Waals surface area contributed by atoms with Crippen LogP contribution in [0.25, 0.3) is 11.0 Å². The number of nitrogens with zero attached hydrogens (tertiary/aromatic N) is 2. The highest BCUT2D eigenvalue weighted by atomic mass is 32.2. The maximum absolute atomic E-state index is 13.6. The van der Waals surface area contributed by atoms with Crippen molar-refractivity contribution in [1.29, 1.82) is 0 Å².